The largest absolute Gasteiger partial charge is 0.393 e. The summed E-state index contributed by atoms with van der Waals surface area (Å²) in [4.78, 5) is -0.0666. The summed E-state index contributed by atoms with van der Waals surface area (Å²) in [5, 5.41) is 8.99. The van der Waals surface area contributed by atoms with Gasteiger partial charge in [-0.05, 0) is 44.7 Å². The van der Waals surface area contributed by atoms with Gasteiger partial charge in [0.2, 0.25) is 0 Å². The van der Waals surface area contributed by atoms with E-state index in [-0.39, 0.29) is 11.0 Å². The Morgan fingerprint density at radius 1 is 1.16 bits per heavy atom. The van der Waals surface area contributed by atoms with Gasteiger partial charge in [0.25, 0.3) is 10.1 Å². The van der Waals surface area contributed by atoms with Crippen molar-refractivity contribution in [3.63, 3.8) is 0 Å². The van der Waals surface area contributed by atoms with Crippen LogP contribution in [0.25, 0.3) is 0 Å². The molecule has 0 atom stereocenters. The Bertz CT molecular complexity index is 507. The maximum atomic E-state index is 10.5. The lowest BCUT2D eigenvalue weighted by Gasteiger charge is -2.17. The van der Waals surface area contributed by atoms with Crippen LogP contribution in [0, 0.1) is 6.92 Å². The third-order valence-electron chi connectivity index (χ3n) is 2.98. The molecular weight excluding hydrogens is 264 g/mol. The predicted octanol–water partition coefficient (Wildman–Crippen LogP) is 2.72. The summed E-state index contributed by atoms with van der Waals surface area (Å²) in [7, 11) is -4.02. The van der Waals surface area contributed by atoms with E-state index in [1.807, 2.05) is 6.92 Å². The molecule has 5 heteroatoms. The number of aryl methyl sites for hydroxylation is 1. The van der Waals surface area contributed by atoms with Gasteiger partial charge in [0.05, 0.1) is 11.0 Å². The number of hydrogen-bond donors (Lipinski definition) is 2. The van der Waals surface area contributed by atoms with Crippen LogP contribution in [0.4, 0.5) is 0 Å². The third-order valence-corrected chi connectivity index (χ3v) is 3.85. The molecule has 1 aromatic rings. The maximum absolute atomic E-state index is 10.5. The topological polar surface area (TPSA) is 74.6 Å². The molecule has 2 N–H and O–H groups in total. The second kappa shape index (κ2) is 6.84. The van der Waals surface area contributed by atoms with Crippen LogP contribution in [-0.2, 0) is 10.1 Å². The molecule has 0 bridgehead atoms. The number of rotatable bonds is 1. The van der Waals surface area contributed by atoms with Crippen molar-refractivity contribution in [2.75, 3.05) is 0 Å². The number of benzene rings is 1. The van der Waals surface area contributed by atoms with Crippen molar-refractivity contribution in [3.05, 3.63) is 42.0 Å². The van der Waals surface area contributed by atoms with E-state index in [0.29, 0.717) is 0 Å². The van der Waals surface area contributed by atoms with Crippen LogP contribution in [0.15, 0.2) is 41.3 Å². The fourth-order valence-corrected chi connectivity index (χ4v) is 2.20. The molecule has 4 nitrogen and oxygen atoms in total. The van der Waals surface area contributed by atoms with Gasteiger partial charge in [-0.15, -0.1) is 0 Å². The van der Waals surface area contributed by atoms with Gasteiger partial charge in [-0.3, -0.25) is 4.55 Å². The van der Waals surface area contributed by atoms with Crippen molar-refractivity contribution >= 4 is 10.1 Å². The van der Waals surface area contributed by atoms with Crippen molar-refractivity contribution in [1.29, 1.82) is 0 Å². The molecule has 1 aromatic carbocycles. The number of hydrogen-bond acceptors (Lipinski definition) is 3. The van der Waals surface area contributed by atoms with Crippen LogP contribution in [0.1, 0.15) is 31.2 Å². The highest BCUT2D eigenvalue weighted by atomic mass is 32.2. The van der Waals surface area contributed by atoms with E-state index in [1.165, 1.54) is 17.7 Å². The van der Waals surface area contributed by atoms with Crippen LogP contribution in [0.3, 0.4) is 0 Å². The van der Waals surface area contributed by atoms with Crippen LogP contribution < -0.4 is 0 Å². The molecule has 1 aliphatic carbocycles. The zero-order chi connectivity index (χ0) is 14.5. The molecule has 0 spiro atoms. The van der Waals surface area contributed by atoms with Crippen LogP contribution in [-0.4, -0.2) is 24.2 Å². The SMILES string of the molecule is C=C1CCC(O)CC1.Cc1ccc(S(=O)(=O)O)cc1. The van der Waals surface area contributed by atoms with Crippen molar-refractivity contribution in [1.82, 2.24) is 0 Å². The third kappa shape index (κ3) is 6.00. The monoisotopic (exact) mass is 284 g/mol. The molecule has 0 radical (unpaired) electrons. The highest BCUT2D eigenvalue weighted by Gasteiger charge is 2.11. The summed E-state index contributed by atoms with van der Waals surface area (Å²) in [6.45, 7) is 5.68. The number of aliphatic hydroxyl groups excluding tert-OH is 1. The van der Waals surface area contributed by atoms with E-state index in [2.05, 4.69) is 6.58 Å². The van der Waals surface area contributed by atoms with Gasteiger partial charge >= 0.3 is 0 Å². The molecule has 2 rings (SSSR count). The van der Waals surface area contributed by atoms with E-state index >= 15 is 0 Å². The normalized spacial score (nSPS) is 16.7. The Morgan fingerprint density at radius 3 is 2.00 bits per heavy atom. The Morgan fingerprint density at radius 2 is 1.63 bits per heavy atom. The average Bonchev–Trinajstić information content (AvgIpc) is 2.33. The van der Waals surface area contributed by atoms with E-state index in [9.17, 15) is 8.42 Å². The quantitative estimate of drug-likeness (QED) is 0.614. The van der Waals surface area contributed by atoms with E-state index in [0.717, 1.165) is 31.2 Å². The first kappa shape index (κ1) is 15.9. The molecule has 0 aliphatic heterocycles. The van der Waals surface area contributed by atoms with Gasteiger partial charge < -0.3 is 5.11 Å². The summed E-state index contributed by atoms with van der Waals surface area (Å²) >= 11 is 0. The first-order chi connectivity index (χ1) is 8.79. The molecule has 1 aliphatic rings. The van der Waals surface area contributed by atoms with Gasteiger partial charge in [-0.1, -0.05) is 29.8 Å². The fourth-order valence-electron chi connectivity index (χ4n) is 1.72. The summed E-state index contributed by atoms with van der Waals surface area (Å²) in [5.74, 6) is 0. The lowest BCUT2D eigenvalue weighted by atomic mass is 9.94. The predicted molar refractivity (Wildman–Crippen MR) is 74.6 cm³/mol. The van der Waals surface area contributed by atoms with E-state index < -0.39 is 10.1 Å². The Hall–Kier alpha value is -1.17. The zero-order valence-corrected chi connectivity index (χ0v) is 11.9. The summed E-state index contributed by atoms with van der Waals surface area (Å²) < 4.78 is 29.6. The average molecular weight is 284 g/mol. The Kier molecular flexibility index (Phi) is 5.72. The van der Waals surface area contributed by atoms with Gasteiger partial charge in [0.1, 0.15) is 0 Å². The molecule has 1 fully saturated rings. The first-order valence-corrected chi connectivity index (χ1v) is 7.62. The Labute approximate surface area is 114 Å². The van der Waals surface area contributed by atoms with Crippen LogP contribution in [0.2, 0.25) is 0 Å². The van der Waals surface area contributed by atoms with Crippen molar-refractivity contribution in [3.8, 4) is 0 Å². The molecule has 0 saturated heterocycles. The van der Waals surface area contributed by atoms with Crippen molar-refractivity contribution in [2.45, 2.75) is 43.6 Å². The van der Waals surface area contributed by atoms with Gasteiger partial charge in [-0.25, -0.2) is 0 Å². The summed E-state index contributed by atoms with van der Waals surface area (Å²) in [6.07, 6.45) is 3.88. The number of aliphatic hydroxyl groups is 1. The molecule has 1 saturated carbocycles. The second-order valence-electron chi connectivity index (χ2n) is 4.77. The van der Waals surface area contributed by atoms with Gasteiger partial charge in [0.15, 0.2) is 0 Å². The molecule has 106 valence electrons. The first-order valence-electron chi connectivity index (χ1n) is 6.18. The summed E-state index contributed by atoms with van der Waals surface area (Å²) in [6, 6.07) is 5.99. The van der Waals surface area contributed by atoms with Crippen molar-refractivity contribution in [2.24, 2.45) is 0 Å². The smallest absolute Gasteiger partial charge is 0.294 e. The zero-order valence-electron chi connectivity index (χ0n) is 11.0. The standard InChI is InChI=1S/C7H8O3S.C7H12O/c1-6-2-4-7(5-3-6)11(8,9)10;1-6-2-4-7(8)5-3-6/h2-5H,1H3,(H,8,9,10);7-8H,1-5H2. The van der Waals surface area contributed by atoms with Crippen LogP contribution in [0.5, 0.6) is 0 Å². The van der Waals surface area contributed by atoms with Gasteiger partial charge in [0, 0.05) is 0 Å². The molecule has 0 amide bonds. The van der Waals surface area contributed by atoms with Crippen LogP contribution >= 0.6 is 0 Å². The molecule has 0 aromatic heterocycles. The minimum Gasteiger partial charge on any atom is -0.393 e. The number of allylic oxidation sites excluding steroid dienone is 1. The lowest BCUT2D eigenvalue weighted by molar-refractivity contribution is 0.144. The summed E-state index contributed by atoms with van der Waals surface area (Å²) in [5.41, 5.74) is 2.26. The molecule has 0 unspecified atom stereocenters. The highest BCUT2D eigenvalue weighted by Crippen LogP contribution is 2.20. The minimum absolute atomic E-state index is 0.0412. The molecule has 0 heterocycles. The molecule has 19 heavy (non-hydrogen) atoms. The molecular formula is C14H20O4S. The fraction of sp³-hybridized carbons (Fsp3) is 0.429. The maximum Gasteiger partial charge on any atom is 0.294 e. The van der Waals surface area contributed by atoms with E-state index in [1.54, 1.807) is 12.1 Å². The minimum atomic E-state index is -4.02. The second-order valence-corrected chi connectivity index (χ2v) is 6.19. The highest BCUT2D eigenvalue weighted by molar-refractivity contribution is 7.85. The van der Waals surface area contributed by atoms with Gasteiger partial charge in [-0.2, -0.15) is 8.42 Å². The lowest BCUT2D eigenvalue weighted by Crippen LogP contribution is -2.11. The van der Waals surface area contributed by atoms with E-state index in [4.69, 9.17) is 9.66 Å². The van der Waals surface area contributed by atoms with Crippen molar-refractivity contribution < 1.29 is 18.1 Å². The Balaban J connectivity index is 0.000000200.